The summed E-state index contributed by atoms with van der Waals surface area (Å²) in [7, 11) is 0. The molecule has 0 saturated carbocycles. The van der Waals surface area contributed by atoms with Crippen molar-refractivity contribution >= 4 is 11.4 Å². The SMILES string of the molecule is CC(C)(C)c1cc([N]c2ccccc2C(F)(F)F)c([O-])c(C(C)(C)C)c1. The average molecular weight is 363 g/mol. The Bertz CT molecular complexity index is 796. The molecule has 0 aliphatic heterocycles. The van der Waals surface area contributed by atoms with E-state index in [-0.39, 0.29) is 22.5 Å². The van der Waals surface area contributed by atoms with Gasteiger partial charge in [0.05, 0.1) is 16.9 Å². The highest BCUT2D eigenvalue weighted by Crippen LogP contribution is 2.42. The molecule has 2 aromatic rings. The van der Waals surface area contributed by atoms with Crippen LogP contribution in [0.1, 0.15) is 58.2 Å². The van der Waals surface area contributed by atoms with Gasteiger partial charge in [0, 0.05) is 0 Å². The zero-order chi connectivity index (χ0) is 19.9. The average Bonchev–Trinajstić information content (AvgIpc) is 2.46. The van der Waals surface area contributed by atoms with E-state index in [9.17, 15) is 18.3 Å². The molecular weight excluding hydrogens is 339 g/mol. The molecule has 0 saturated heterocycles. The molecule has 0 bridgehead atoms. The van der Waals surface area contributed by atoms with E-state index in [1.807, 2.05) is 47.6 Å². The van der Waals surface area contributed by atoms with Crippen LogP contribution in [0.25, 0.3) is 0 Å². The normalized spacial score (nSPS) is 13.0. The molecule has 0 aliphatic carbocycles. The molecule has 0 heterocycles. The Balaban J connectivity index is 2.64. The first-order valence-electron chi connectivity index (χ1n) is 8.45. The van der Waals surface area contributed by atoms with Gasteiger partial charge in [-0.25, -0.2) is 5.32 Å². The van der Waals surface area contributed by atoms with Crippen molar-refractivity contribution in [1.82, 2.24) is 5.32 Å². The van der Waals surface area contributed by atoms with Crippen molar-refractivity contribution < 1.29 is 18.3 Å². The number of para-hydroxylation sites is 1. The zero-order valence-electron chi connectivity index (χ0n) is 16.0. The Kier molecular flexibility index (Phi) is 5.06. The van der Waals surface area contributed by atoms with Gasteiger partial charge in [0.15, 0.2) is 0 Å². The molecular formula is C21H24F3NO-. The lowest BCUT2D eigenvalue weighted by molar-refractivity contribution is -0.269. The highest BCUT2D eigenvalue weighted by molar-refractivity contribution is 5.64. The van der Waals surface area contributed by atoms with Crippen LogP contribution < -0.4 is 10.4 Å². The second-order valence-electron chi connectivity index (χ2n) is 8.50. The summed E-state index contributed by atoms with van der Waals surface area (Å²) in [4.78, 5) is 0. The minimum atomic E-state index is -4.53. The summed E-state index contributed by atoms with van der Waals surface area (Å²) in [6, 6.07) is 8.50. The van der Waals surface area contributed by atoms with E-state index in [0.29, 0.717) is 5.56 Å². The van der Waals surface area contributed by atoms with Gasteiger partial charge in [-0.2, -0.15) is 13.2 Å². The molecule has 26 heavy (non-hydrogen) atoms. The van der Waals surface area contributed by atoms with Gasteiger partial charge in [-0.15, -0.1) is 0 Å². The Morgan fingerprint density at radius 2 is 1.35 bits per heavy atom. The second-order valence-corrected chi connectivity index (χ2v) is 8.50. The van der Waals surface area contributed by atoms with Gasteiger partial charge in [0.2, 0.25) is 0 Å². The summed E-state index contributed by atoms with van der Waals surface area (Å²) in [5.41, 5.74) is -0.341. The third-order valence-electron chi connectivity index (χ3n) is 4.19. The van der Waals surface area contributed by atoms with E-state index in [4.69, 9.17) is 0 Å². The van der Waals surface area contributed by atoms with E-state index in [2.05, 4.69) is 5.32 Å². The van der Waals surface area contributed by atoms with Gasteiger partial charge in [0.25, 0.3) is 0 Å². The predicted octanol–water partition coefficient (Wildman–Crippen LogP) is 5.94. The molecule has 0 aromatic heterocycles. The third-order valence-corrected chi connectivity index (χ3v) is 4.19. The number of benzene rings is 2. The minimum Gasteiger partial charge on any atom is -0.871 e. The largest absolute Gasteiger partial charge is 0.871 e. The van der Waals surface area contributed by atoms with Gasteiger partial charge >= 0.3 is 6.18 Å². The highest BCUT2D eigenvalue weighted by Gasteiger charge is 2.34. The van der Waals surface area contributed by atoms with Crippen LogP contribution >= 0.6 is 0 Å². The van der Waals surface area contributed by atoms with Gasteiger partial charge < -0.3 is 5.11 Å². The van der Waals surface area contributed by atoms with E-state index in [1.54, 1.807) is 6.07 Å². The predicted molar refractivity (Wildman–Crippen MR) is 96.2 cm³/mol. The van der Waals surface area contributed by atoms with Crippen molar-refractivity contribution in [3.63, 3.8) is 0 Å². The molecule has 5 heteroatoms. The molecule has 0 amide bonds. The van der Waals surface area contributed by atoms with Crippen LogP contribution in [0.4, 0.5) is 24.5 Å². The van der Waals surface area contributed by atoms with E-state index in [0.717, 1.165) is 11.6 Å². The Hall–Kier alpha value is -2.17. The van der Waals surface area contributed by atoms with Crippen LogP contribution in [-0.2, 0) is 17.0 Å². The number of hydrogen-bond donors (Lipinski definition) is 0. The lowest BCUT2D eigenvalue weighted by Gasteiger charge is -2.32. The van der Waals surface area contributed by atoms with Crippen molar-refractivity contribution in [2.45, 2.75) is 58.5 Å². The van der Waals surface area contributed by atoms with Crippen molar-refractivity contribution in [1.29, 1.82) is 0 Å². The number of halogens is 3. The minimum absolute atomic E-state index is 0.0408. The summed E-state index contributed by atoms with van der Waals surface area (Å²) < 4.78 is 39.8. The quantitative estimate of drug-likeness (QED) is 0.650. The maximum Gasteiger partial charge on any atom is 0.418 e. The van der Waals surface area contributed by atoms with Crippen LogP contribution in [0.15, 0.2) is 36.4 Å². The zero-order valence-corrected chi connectivity index (χ0v) is 16.0. The molecule has 0 fully saturated rings. The van der Waals surface area contributed by atoms with Crippen molar-refractivity contribution in [3.05, 3.63) is 53.1 Å². The van der Waals surface area contributed by atoms with Crippen LogP contribution in [0.5, 0.6) is 5.75 Å². The van der Waals surface area contributed by atoms with Gasteiger partial charge in [0.1, 0.15) is 0 Å². The summed E-state index contributed by atoms with van der Waals surface area (Å²) >= 11 is 0. The summed E-state index contributed by atoms with van der Waals surface area (Å²) in [6.07, 6.45) is -4.53. The van der Waals surface area contributed by atoms with Gasteiger partial charge in [-0.05, 0) is 40.2 Å². The topological polar surface area (TPSA) is 37.2 Å². The molecule has 0 aliphatic rings. The molecule has 2 aromatic carbocycles. The standard InChI is InChI=1S/C21H25F3NO/c1-19(2,3)13-11-15(20(4,5)6)18(26)17(12-13)25-16-10-8-7-9-14(16)21(22,23)24/h7-12,26H,1-6H3/p-1. The Morgan fingerprint density at radius 1 is 0.769 bits per heavy atom. The second kappa shape index (κ2) is 6.53. The van der Waals surface area contributed by atoms with E-state index >= 15 is 0 Å². The summed E-state index contributed by atoms with van der Waals surface area (Å²) in [5.74, 6) is -0.331. The lowest BCUT2D eigenvalue weighted by Crippen LogP contribution is -2.20. The number of alkyl halides is 3. The smallest absolute Gasteiger partial charge is 0.418 e. The van der Waals surface area contributed by atoms with Crippen LogP contribution in [0.3, 0.4) is 0 Å². The Morgan fingerprint density at radius 3 is 1.85 bits per heavy atom. The summed E-state index contributed by atoms with van der Waals surface area (Å²) in [5, 5.41) is 17.0. The van der Waals surface area contributed by atoms with Crippen LogP contribution in [0.2, 0.25) is 0 Å². The fourth-order valence-electron chi connectivity index (χ4n) is 2.63. The highest BCUT2D eigenvalue weighted by atomic mass is 19.4. The number of nitrogens with zero attached hydrogens (tertiary/aromatic N) is 1. The molecule has 0 spiro atoms. The molecule has 141 valence electrons. The molecule has 1 radical (unpaired) electrons. The first kappa shape index (κ1) is 20.1. The number of rotatable bonds is 2. The first-order chi connectivity index (χ1) is 11.7. The molecule has 2 rings (SSSR count). The van der Waals surface area contributed by atoms with Crippen molar-refractivity contribution in [3.8, 4) is 5.75 Å². The monoisotopic (exact) mass is 363 g/mol. The van der Waals surface area contributed by atoms with Crippen LogP contribution in [0, 0.1) is 0 Å². The first-order valence-corrected chi connectivity index (χ1v) is 8.45. The fourth-order valence-corrected chi connectivity index (χ4v) is 2.63. The molecule has 0 atom stereocenters. The van der Waals surface area contributed by atoms with E-state index < -0.39 is 17.2 Å². The fraction of sp³-hybridized carbons (Fsp3) is 0.429. The molecule has 0 unspecified atom stereocenters. The molecule has 0 N–H and O–H groups in total. The maximum absolute atomic E-state index is 13.3. The lowest BCUT2D eigenvalue weighted by atomic mass is 9.79. The maximum atomic E-state index is 13.3. The Labute approximate surface area is 153 Å². The van der Waals surface area contributed by atoms with Crippen molar-refractivity contribution in [2.24, 2.45) is 0 Å². The van der Waals surface area contributed by atoms with Gasteiger partial charge in [-0.3, -0.25) is 0 Å². The van der Waals surface area contributed by atoms with Crippen LogP contribution in [-0.4, -0.2) is 0 Å². The number of hydrogen-bond acceptors (Lipinski definition) is 1. The third kappa shape index (κ3) is 4.32. The van der Waals surface area contributed by atoms with Crippen molar-refractivity contribution in [2.75, 3.05) is 0 Å². The van der Waals surface area contributed by atoms with E-state index in [1.165, 1.54) is 18.2 Å². The van der Waals surface area contributed by atoms with Gasteiger partial charge in [-0.1, -0.05) is 65.5 Å². The molecule has 2 nitrogen and oxygen atoms in total. The summed E-state index contributed by atoms with van der Waals surface area (Å²) in [6.45, 7) is 11.7.